The van der Waals surface area contributed by atoms with Crippen LogP contribution in [0.1, 0.15) is 58.3 Å². The van der Waals surface area contributed by atoms with E-state index < -0.39 is 17.9 Å². The molecule has 1 aliphatic heterocycles. The van der Waals surface area contributed by atoms with Gasteiger partial charge in [-0.3, -0.25) is 14.6 Å². The second-order valence-corrected chi connectivity index (χ2v) is 5.15. The van der Waals surface area contributed by atoms with Gasteiger partial charge in [-0.1, -0.05) is 32.6 Å². The van der Waals surface area contributed by atoms with Crippen LogP contribution in [-0.2, 0) is 19.1 Å². The van der Waals surface area contributed by atoms with E-state index in [9.17, 15) is 14.4 Å². The van der Waals surface area contributed by atoms with E-state index in [0.717, 1.165) is 30.7 Å². The lowest BCUT2D eigenvalue weighted by Gasteiger charge is -2.20. The Balaban J connectivity index is 2.23. The quantitative estimate of drug-likeness (QED) is 0.172. The van der Waals surface area contributed by atoms with Gasteiger partial charge >= 0.3 is 5.97 Å². The number of hydrogen-bond donors (Lipinski definition) is 1. The largest absolute Gasteiger partial charge is 0.464 e. The van der Waals surface area contributed by atoms with Crippen molar-refractivity contribution in [3.8, 4) is 0 Å². The second kappa shape index (κ2) is 8.68. The molecule has 1 saturated heterocycles. The van der Waals surface area contributed by atoms with Crippen LogP contribution in [0.5, 0.6) is 0 Å². The van der Waals surface area contributed by atoms with Crippen molar-refractivity contribution >= 4 is 17.7 Å². The molecule has 1 unspecified atom stereocenters. The molecule has 6 heteroatoms. The summed E-state index contributed by atoms with van der Waals surface area (Å²) in [4.78, 5) is 34.8. The average Bonchev–Trinajstić information content (AvgIpc) is 2.83. The van der Waals surface area contributed by atoms with E-state index >= 15 is 0 Å². The minimum atomic E-state index is -0.736. The van der Waals surface area contributed by atoms with Crippen LogP contribution in [0, 0.1) is 0 Å². The third-order valence-electron chi connectivity index (χ3n) is 3.44. The van der Waals surface area contributed by atoms with E-state index in [4.69, 9.17) is 10.6 Å². The summed E-state index contributed by atoms with van der Waals surface area (Å²) in [5, 5.41) is 0.852. The van der Waals surface area contributed by atoms with Crippen molar-refractivity contribution in [3.05, 3.63) is 0 Å². The maximum Gasteiger partial charge on any atom is 0.330 e. The first-order valence-corrected chi connectivity index (χ1v) is 7.31. The van der Waals surface area contributed by atoms with E-state index in [-0.39, 0.29) is 18.8 Å². The molecule has 0 bridgehead atoms. The molecule has 1 amide bonds. The number of carbonyl (C=O) groups is 3. The molecule has 0 aliphatic carbocycles. The molecule has 0 aromatic carbocycles. The summed E-state index contributed by atoms with van der Waals surface area (Å²) in [5.41, 5.74) is 0. The maximum absolute atomic E-state index is 11.8. The lowest BCUT2D eigenvalue weighted by Crippen LogP contribution is -2.48. The summed E-state index contributed by atoms with van der Waals surface area (Å²) in [6.45, 7) is 2.41. The van der Waals surface area contributed by atoms with Crippen LogP contribution in [0.3, 0.4) is 0 Å². The fraction of sp³-hybridized carbons (Fsp3) is 0.786. The number of nitrogens with zero attached hydrogens (tertiary/aromatic N) is 1. The highest BCUT2D eigenvalue weighted by atomic mass is 16.5. The van der Waals surface area contributed by atoms with Crippen molar-refractivity contribution in [3.63, 3.8) is 0 Å². The molecule has 1 fully saturated rings. The van der Waals surface area contributed by atoms with Crippen LogP contribution >= 0.6 is 0 Å². The molecule has 6 nitrogen and oxygen atoms in total. The highest BCUT2D eigenvalue weighted by Gasteiger charge is 2.34. The summed E-state index contributed by atoms with van der Waals surface area (Å²) in [5.74, 6) is 4.47. The number of hydrogen-bond acceptors (Lipinski definition) is 5. The monoisotopic (exact) mass is 284 g/mol. The smallest absolute Gasteiger partial charge is 0.330 e. The number of ketones is 1. The Morgan fingerprint density at radius 3 is 2.60 bits per heavy atom. The number of ether oxygens (including phenoxy) is 1. The Labute approximate surface area is 119 Å². The van der Waals surface area contributed by atoms with Crippen molar-refractivity contribution in [2.75, 3.05) is 6.61 Å². The van der Waals surface area contributed by atoms with E-state index in [1.54, 1.807) is 0 Å². The normalized spacial score (nSPS) is 17.9. The molecule has 0 spiro atoms. The van der Waals surface area contributed by atoms with Gasteiger partial charge in [-0.25, -0.2) is 10.6 Å². The number of amides is 1. The van der Waals surface area contributed by atoms with Gasteiger partial charge in [-0.15, -0.1) is 0 Å². The number of unbranched alkanes of at least 4 members (excludes halogenated alkanes) is 4. The lowest BCUT2D eigenvalue weighted by molar-refractivity contribution is -0.149. The molecule has 0 saturated carbocycles. The molecule has 2 N–H and O–H groups in total. The SMILES string of the molecule is CCCCCCCC(=O)CC(=O)N(N)C1CCOC1=O. The van der Waals surface area contributed by atoms with Crippen molar-refractivity contribution in [2.24, 2.45) is 5.84 Å². The third kappa shape index (κ3) is 5.28. The molecule has 0 aromatic rings. The number of rotatable bonds is 9. The molecule has 1 atom stereocenters. The zero-order chi connectivity index (χ0) is 15.0. The second-order valence-electron chi connectivity index (χ2n) is 5.15. The van der Waals surface area contributed by atoms with Gasteiger partial charge in [0.2, 0.25) is 5.91 Å². The van der Waals surface area contributed by atoms with Crippen LogP contribution in [0.2, 0.25) is 0 Å². The lowest BCUT2D eigenvalue weighted by atomic mass is 10.1. The van der Waals surface area contributed by atoms with Crippen LogP contribution < -0.4 is 5.84 Å². The topological polar surface area (TPSA) is 89.7 Å². The molecule has 0 radical (unpaired) electrons. The Kier molecular flexibility index (Phi) is 7.22. The van der Waals surface area contributed by atoms with Gasteiger partial charge in [-0.05, 0) is 6.42 Å². The van der Waals surface area contributed by atoms with E-state index in [1.807, 2.05) is 0 Å². The van der Waals surface area contributed by atoms with Gasteiger partial charge in [0.25, 0.3) is 0 Å². The predicted octanol–water partition coefficient (Wildman–Crippen LogP) is 1.32. The van der Waals surface area contributed by atoms with Gasteiger partial charge in [0.15, 0.2) is 0 Å². The summed E-state index contributed by atoms with van der Waals surface area (Å²) >= 11 is 0. The molecule has 1 rings (SSSR count). The summed E-state index contributed by atoms with van der Waals surface area (Å²) in [6, 6.07) is -0.736. The van der Waals surface area contributed by atoms with Gasteiger partial charge in [0.1, 0.15) is 11.8 Å². The number of carbonyl (C=O) groups excluding carboxylic acids is 3. The van der Waals surface area contributed by atoms with Gasteiger partial charge in [0.05, 0.1) is 13.0 Å². The zero-order valence-electron chi connectivity index (χ0n) is 12.1. The minimum Gasteiger partial charge on any atom is -0.464 e. The Morgan fingerprint density at radius 2 is 2.00 bits per heavy atom. The number of hydrazine groups is 1. The first kappa shape index (κ1) is 16.6. The first-order valence-electron chi connectivity index (χ1n) is 7.31. The van der Waals surface area contributed by atoms with E-state index in [2.05, 4.69) is 6.92 Å². The molecule has 20 heavy (non-hydrogen) atoms. The van der Waals surface area contributed by atoms with Crippen molar-refractivity contribution in [1.29, 1.82) is 0 Å². The van der Waals surface area contributed by atoms with Gasteiger partial charge in [0, 0.05) is 12.8 Å². The molecule has 0 aromatic heterocycles. The molecular weight excluding hydrogens is 260 g/mol. The highest BCUT2D eigenvalue weighted by Crippen LogP contribution is 2.13. The summed E-state index contributed by atoms with van der Waals surface area (Å²) < 4.78 is 4.75. The minimum absolute atomic E-state index is 0.117. The van der Waals surface area contributed by atoms with Gasteiger partial charge < -0.3 is 4.74 Å². The average molecular weight is 284 g/mol. The Morgan fingerprint density at radius 1 is 1.30 bits per heavy atom. The number of Topliss-reactive ketones (excluding diaryl/α,β-unsaturated/α-hetero) is 1. The standard InChI is InChI=1S/C14H24N2O4/c1-2-3-4-5-6-7-11(17)10-13(18)16(15)12-8-9-20-14(12)19/h12H,2-10,15H2,1H3. The van der Waals surface area contributed by atoms with E-state index in [0.29, 0.717) is 12.8 Å². The van der Waals surface area contributed by atoms with Crippen LogP contribution in [0.25, 0.3) is 0 Å². The zero-order valence-corrected chi connectivity index (χ0v) is 12.1. The first-order chi connectivity index (χ1) is 9.56. The number of esters is 1. The Bertz CT molecular complexity index is 357. The maximum atomic E-state index is 11.8. The Hall–Kier alpha value is -1.43. The van der Waals surface area contributed by atoms with Crippen LogP contribution in [-0.4, -0.2) is 35.3 Å². The summed E-state index contributed by atoms with van der Waals surface area (Å²) in [6.07, 6.45) is 5.84. The van der Waals surface area contributed by atoms with Crippen LogP contribution in [0.4, 0.5) is 0 Å². The fourth-order valence-corrected chi connectivity index (χ4v) is 2.19. The number of nitrogens with two attached hydrogens (primary N) is 1. The summed E-state index contributed by atoms with van der Waals surface area (Å²) in [7, 11) is 0. The fourth-order valence-electron chi connectivity index (χ4n) is 2.19. The highest BCUT2D eigenvalue weighted by molar-refractivity contribution is 5.99. The van der Waals surface area contributed by atoms with Crippen LogP contribution in [0.15, 0.2) is 0 Å². The molecular formula is C14H24N2O4. The van der Waals surface area contributed by atoms with E-state index in [1.165, 1.54) is 6.42 Å². The van der Waals surface area contributed by atoms with Crippen molar-refractivity contribution < 1.29 is 19.1 Å². The van der Waals surface area contributed by atoms with Crippen molar-refractivity contribution in [2.45, 2.75) is 64.3 Å². The molecule has 1 heterocycles. The predicted molar refractivity (Wildman–Crippen MR) is 73.4 cm³/mol. The molecule has 114 valence electrons. The van der Waals surface area contributed by atoms with Crippen molar-refractivity contribution in [1.82, 2.24) is 5.01 Å². The number of cyclic esters (lactones) is 1. The van der Waals surface area contributed by atoms with Gasteiger partial charge in [-0.2, -0.15) is 0 Å². The third-order valence-corrected chi connectivity index (χ3v) is 3.44. The molecule has 1 aliphatic rings.